The number of hydrogen-bond donors (Lipinski definition) is 1. The van der Waals surface area contributed by atoms with Gasteiger partial charge >= 0.3 is 0 Å². The van der Waals surface area contributed by atoms with Crippen LogP contribution in [0.5, 0.6) is 0 Å². The van der Waals surface area contributed by atoms with Gasteiger partial charge in [-0.2, -0.15) is 0 Å². The van der Waals surface area contributed by atoms with Crippen molar-refractivity contribution in [3.8, 4) is 0 Å². The van der Waals surface area contributed by atoms with Gasteiger partial charge in [0, 0.05) is 18.2 Å². The zero-order valence-corrected chi connectivity index (χ0v) is 7.14. The molecule has 1 aromatic rings. The van der Waals surface area contributed by atoms with Crippen LogP contribution in [-0.4, -0.2) is 11.0 Å². The van der Waals surface area contributed by atoms with Crippen LogP contribution in [0.3, 0.4) is 0 Å². The molecule has 0 aliphatic rings. The van der Waals surface area contributed by atoms with Crippen molar-refractivity contribution >= 4 is 5.69 Å². The summed E-state index contributed by atoms with van der Waals surface area (Å²) >= 11 is 0. The summed E-state index contributed by atoms with van der Waals surface area (Å²) in [6, 6.07) is 6.17. The Morgan fingerprint density at radius 2 is 2.00 bits per heavy atom. The Kier molecular flexibility index (Phi) is 2.97. The van der Waals surface area contributed by atoms with Crippen LogP contribution in [-0.2, 0) is 6.42 Å². The fraction of sp³-hybridized carbons (Fsp3) is 0.222. The molecule has 0 spiro atoms. The Bertz CT molecular complexity index is 293. The molecule has 1 radical (unpaired) electrons. The van der Waals surface area contributed by atoms with Crippen LogP contribution < -0.4 is 5.73 Å². The van der Waals surface area contributed by atoms with Crippen molar-refractivity contribution < 1.29 is 4.92 Å². The molecule has 13 heavy (non-hydrogen) atoms. The number of nitrogens with zero attached hydrogens (tertiary/aromatic N) is 1. The summed E-state index contributed by atoms with van der Waals surface area (Å²) in [5, 5.41) is 10.3. The molecule has 4 nitrogen and oxygen atoms in total. The van der Waals surface area contributed by atoms with Crippen molar-refractivity contribution in [2.24, 2.45) is 5.73 Å². The molecule has 1 rings (SSSR count). The third-order valence-corrected chi connectivity index (χ3v) is 1.65. The van der Waals surface area contributed by atoms with Crippen LogP contribution in [0.15, 0.2) is 24.3 Å². The van der Waals surface area contributed by atoms with Crippen LogP contribution in [0.2, 0.25) is 0 Å². The highest BCUT2D eigenvalue weighted by Crippen LogP contribution is 2.12. The third kappa shape index (κ3) is 2.83. The van der Waals surface area contributed by atoms with Gasteiger partial charge in [-0.1, -0.05) is 12.1 Å². The van der Waals surface area contributed by atoms with Gasteiger partial charge in [0.15, 0.2) is 0 Å². The minimum absolute atomic E-state index is 0.0985. The fourth-order valence-electron chi connectivity index (χ4n) is 1.06. The highest BCUT2D eigenvalue weighted by Gasteiger charge is 2.04. The molecule has 0 amide bonds. The van der Waals surface area contributed by atoms with E-state index in [4.69, 9.17) is 5.73 Å². The Balaban J connectivity index is 2.75. The van der Waals surface area contributed by atoms with Crippen LogP contribution in [0.1, 0.15) is 5.56 Å². The zero-order chi connectivity index (χ0) is 9.84. The maximum atomic E-state index is 10.3. The number of benzene rings is 1. The number of rotatable bonds is 3. The van der Waals surface area contributed by atoms with Crippen molar-refractivity contribution in [2.75, 3.05) is 0 Å². The number of nitro benzene ring substituents is 1. The molecule has 69 valence electrons. The average molecular weight is 179 g/mol. The summed E-state index contributed by atoms with van der Waals surface area (Å²) in [5.74, 6) is 0. The largest absolute Gasteiger partial charge is 0.327 e. The normalized spacial score (nSPS) is 12.5. The van der Waals surface area contributed by atoms with Crippen LogP contribution in [0.4, 0.5) is 5.69 Å². The van der Waals surface area contributed by atoms with E-state index in [9.17, 15) is 10.1 Å². The van der Waals surface area contributed by atoms with E-state index in [2.05, 4.69) is 6.92 Å². The van der Waals surface area contributed by atoms with Gasteiger partial charge in [-0.3, -0.25) is 10.1 Å². The van der Waals surface area contributed by atoms with Crippen molar-refractivity contribution in [1.29, 1.82) is 0 Å². The summed E-state index contributed by atoms with van der Waals surface area (Å²) < 4.78 is 0. The first kappa shape index (κ1) is 9.67. The highest BCUT2D eigenvalue weighted by molar-refractivity contribution is 5.33. The average Bonchev–Trinajstić information content (AvgIpc) is 2.04. The molecular weight excluding hydrogens is 168 g/mol. The molecule has 0 aromatic heterocycles. The fourth-order valence-corrected chi connectivity index (χ4v) is 1.06. The molecule has 0 bridgehead atoms. The lowest BCUT2D eigenvalue weighted by Gasteiger charge is -2.03. The maximum Gasteiger partial charge on any atom is 0.269 e. The molecule has 0 saturated carbocycles. The molecule has 4 heteroatoms. The quantitative estimate of drug-likeness (QED) is 0.561. The van der Waals surface area contributed by atoms with Gasteiger partial charge < -0.3 is 5.73 Å². The predicted octanol–water partition coefficient (Wildman–Crippen LogP) is 1.30. The minimum atomic E-state index is -0.423. The van der Waals surface area contributed by atoms with Crippen molar-refractivity contribution in [1.82, 2.24) is 0 Å². The van der Waals surface area contributed by atoms with E-state index in [0.29, 0.717) is 6.42 Å². The van der Waals surface area contributed by atoms with Crippen LogP contribution in [0, 0.1) is 17.0 Å². The molecule has 0 unspecified atom stereocenters. The smallest absolute Gasteiger partial charge is 0.269 e. The molecular formula is C9H11N2O2. The van der Waals surface area contributed by atoms with E-state index in [1.165, 1.54) is 12.1 Å². The van der Waals surface area contributed by atoms with E-state index in [1.54, 1.807) is 12.1 Å². The number of nitrogens with two attached hydrogens (primary N) is 1. The van der Waals surface area contributed by atoms with Gasteiger partial charge in [0.25, 0.3) is 5.69 Å². The van der Waals surface area contributed by atoms with Crippen molar-refractivity contribution in [3.05, 3.63) is 46.9 Å². The monoisotopic (exact) mass is 179 g/mol. The summed E-state index contributed by atoms with van der Waals surface area (Å²) in [5.41, 5.74) is 6.54. The molecule has 0 heterocycles. The number of non-ortho nitro benzene ring substituents is 1. The van der Waals surface area contributed by atoms with E-state index >= 15 is 0 Å². The topological polar surface area (TPSA) is 69.2 Å². The van der Waals surface area contributed by atoms with Gasteiger partial charge in [0.2, 0.25) is 0 Å². The van der Waals surface area contributed by atoms with Gasteiger partial charge in [-0.15, -0.1) is 0 Å². The highest BCUT2D eigenvalue weighted by atomic mass is 16.6. The Hall–Kier alpha value is -1.42. The molecule has 0 fully saturated rings. The van der Waals surface area contributed by atoms with Gasteiger partial charge in [-0.05, 0) is 18.9 Å². The lowest BCUT2D eigenvalue weighted by Crippen LogP contribution is -2.18. The Morgan fingerprint density at radius 1 is 1.46 bits per heavy atom. The van der Waals surface area contributed by atoms with E-state index < -0.39 is 4.92 Å². The lowest BCUT2D eigenvalue weighted by atomic mass is 10.1. The number of hydrogen-bond acceptors (Lipinski definition) is 3. The van der Waals surface area contributed by atoms with Crippen LogP contribution in [0.25, 0.3) is 0 Å². The predicted molar refractivity (Wildman–Crippen MR) is 50.1 cm³/mol. The summed E-state index contributed by atoms with van der Waals surface area (Å²) in [6.45, 7) is 3.64. The van der Waals surface area contributed by atoms with E-state index in [-0.39, 0.29) is 11.7 Å². The summed E-state index contributed by atoms with van der Waals surface area (Å²) in [4.78, 5) is 9.88. The summed E-state index contributed by atoms with van der Waals surface area (Å²) in [6.07, 6.45) is 0.637. The molecule has 1 aromatic carbocycles. The molecule has 2 N–H and O–H groups in total. The Morgan fingerprint density at radius 3 is 2.38 bits per heavy atom. The van der Waals surface area contributed by atoms with Gasteiger partial charge in [0.1, 0.15) is 0 Å². The lowest BCUT2D eigenvalue weighted by molar-refractivity contribution is -0.384. The minimum Gasteiger partial charge on any atom is -0.327 e. The first-order chi connectivity index (χ1) is 6.09. The SMILES string of the molecule is [CH2][C@H](N)Cc1ccc([N+](=O)[O-])cc1. The Labute approximate surface area is 76.5 Å². The zero-order valence-electron chi connectivity index (χ0n) is 7.14. The molecule has 1 atom stereocenters. The van der Waals surface area contributed by atoms with Crippen molar-refractivity contribution in [2.45, 2.75) is 12.5 Å². The van der Waals surface area contributed by atoms with Crippen LogP contribution >= 0.6 is 0 Å². The third-order valence-electron chi connectivity index (χ3n) is 1.65. The molecule has 0 aliphatic carbocycles. The standard InChI is InChI=1S/C9H11N2O2/c1-7(10)6-8-2-4-9(5-3-8)11(12)13/h2-5,7H,1,6,10H2/t7-/m0/s1. The van der Waals surface area contributed by atoms with Crippen molar-refractivity contribution in [3.63, 3.8) is 0 Å². The second-order valence-electron chi connectivity index (χ2n) is 2.89. The second kappa shape index (κ2) is 4.00. The molecule has 0 saturated heterocycles. The first-order valence-corrected chi connectivity index (χ1v) is 3.91. The maximum absolute atomic E-state index is 10.3. The number of nitro groups is 1. The molecule has 0 aliphatic heterocycles. The first-order valence-electron chi connectivity index (χ1n) is 3.91. The van der Waals surface area contributed by atoms with E-state index in [1.807, 2.05) is 0 Å². The second-order valence-corrected chi connectivity index (χ2v) is 2.89. The van der Waals surface area contributed by atoms with Gasteiger partial charge in [-0.25, -0.2) is 0 Å². The summed E-state index contributed by atoms with van der Waals surface area (Å²) in [7, 11) is 0. The van der Waals surface area contributed by atoms with Gasteiger partial charge in [0.05, 0.1) is 4.92 Å². The van der Waals surface area contributed by atoms with E-state index in [0.717, 1.165) is 5.56 Å².